The van der Waals surface area contributed by atoms with Crippen LogP contribution in [0.5, 0.6) is 11.5 Å². The average molecular weight is 819 g/mol. The molecule has 2 atom stereocenters. The summed E-state index contributed by atoms with van der Waals surface area (Å²) in [7, 11) is 0. The largest absolute Gasteiger partial charge is 0.494 e. The number of rotatable bonds is 23. The lowest BCUT2D eigenvalue weighted by molar-refractivity contribution is 0.104. The number of nitroso groups, excluding NO2 is 2. The number of hydrogen-bond acceptors (Lipinski definition) is 12. The molecule has 0 aliphatic heterocycles. The van der Waals surface area contributed by atoms with E-state index in [4.69, 9.17) is 25.5 Å². The minimum absolute atomic E-state index is 0.193. The molecule has 0 aliphatic rings. The summed E-state index contributed by atoms with van der Waals surface area (Å²) < 4.78 is 17.9. The number of amides is 1. The quantitative estimate of drug-likeness (QED) is 0.0373. The molecule has 58 heavy (non-hydrogen) atoms. The summed E-state index contributed by atoms with van der Waals surface area (Å²) in [4.78, 5) is 52.3. The fraction of sp³-hybridized carbons (Fsp3) is 0.500. The first-order valence-electron chi connectivity index (χ1n) is 19.9. The molecular weight excluding hydrogens is 760 g/mol. The van der Waals surface area contributed by atoms with Crippen LogP contribution in [0.4, 0.5) is 4.79 Å². The number of fused-ring (bicyclic) bond motifs is 1. The van der Waals surface area contributed by atoms with Gasteiger partial charge >= 0.3 is 6.09 Å². The van der Waals surface area contributed by atoms with Crippen LogP contribution in [0.3, 0.4) is 0 Å². The molecule has 314 valence electrons. The molecule has 3 aromatic carbocycles. The molecule has 13 nitrogen and oxygen atoms in total. The molecule has 3 N–H and O–H groups in total. The van der Waals surface area contributed by atoms with Gasteiger partial charge in [-0.15, -0.1) is 0 Å². The summed E-state index contributed by atoms with van der Waals surface area (Å²) in [5, 5.41) is 17.1. The Morgan fingerprint density at radius 2 is 1.38 bits per heavy atom. The molecule has 14 heteroatoms. The smallest absolute Gasteiger partial charge is 0.412 e. The van der Waals surface area contributed by atoms with Crippen LogP contribution in [0.25, 0.3) is 22.3 Å². The SMILES string of the molecule is CCN(CC)CCCOc1ccc(C(=O)c2c(-c3ccc(OC(=O)NCC(C)(CNC(C)(C)C(C)N=O)CNC(C)(C)C(C)N=O)cc3)oc3ccc(Cl)cc23)cc1. The third-order valence-electron chi connectivity index (χ3n) is 11.1. The van der Waals surface area contributed by atoms with E-state index in [-0.39, 0.29) is 18.1 Å². The van der Waals surface area contributed by atoms with Crippen molar-refractivity contribution in [1.29, 1.82) is 0 Å². The highest BCUT2D eigenvalue weighted by Crippen LogP contribution is 2.37. The first-order chi connectivity index (χ1) is 27.5. The van der Waals surface area contributed by atoms with Crippen LogP contribution in [0.15, 0.2) is 81.5 Å². The summed E-state index contributed by atoms with van der Waals surface area (Å²) in [5.74, 6) is 1.08. The minimum Gasteiger partial charge on any atom is -0.494 e. The third-order valence-corrected chi connectivity index (χ3v) is 11.3. The van der Waals surface area contributed by atoms with Gasteiger partial charge in [0.25, 0.3) is 0 Å². The van der Waals surface area contributed by atoms with Crippen LogP contribution < -0.4 is 25.4 Å². The molecule has 0 fully saturated rings. The van der Waals surface area contributed by atoms with Gasteiger partial charge in [0.1, 0.15) is 34.9 Å². The van der Waals surface area contributed by atoms with E-state index in [1.54, 1.807) is 80.6 Å². The van der Waals surface area contributed by atoms with Crippen LogP contribution in [-0.4, -0.2) is 85.8 Å². The normalized spacial score (nSPS) is 14.1. The van der Waals surface area contributed by atoms with Crippen molar-refractivity contribution in [3.8, 4) is 22.8 Å². The zero-order valence-electron chi connectivity index (χ0n) is 35.2. The van der Waals surface area contributed by atoms with E-state index in [1.165, 1.54) is 0 Å². The van der Waals surface area contributed by atoms with Gasteiger partial charge in [0, 0.05) is 64.2 Å². The van der Waals surface area contributed by atoms with Gasteiger partial charge in [0.05, 0.1) is 12.2 Å². The Balaban J connectivity index is 1.48. The number of ketones is 1. The van der Waals surface area contributed by atoms with Gasteiger partial charge in [-0.3, -0.25) is 4.79 Å². The van der Waals surface area contributed by atoms with Crippen LogP contribution >= 0.6 is 11.6 Å². The summed E-state index contributed by atoms with van der Waals surface area (Å²) in [6.07, 6.45) is 0.228. The molecule has 1 heterocycles. The standard InChI is InChI=1S/C44H59ClN6O7/c1-10-51(11-2)23-12-24-56-34-18-13-31(14-19-34)39(52)38-36-25-33(45)17-22-37(36)58-40(38)32-15-20-35(21-16-32)57-41(53)46-26-44(9,27-47-42(5,6)29(3)49-54)28-48-43(7,8)30(4)50-55/h13-22,25,29-30,47-48H,10-12,23-24,26-28H2,1-9H3,(H,46,53). The summed E-state index contributed by atoms with van der Waals surface area (Å²) in [6, 6.07) is 17.9. The Labute approximate surface area is 346 Å². The van der Waals surface area contributed by atoms with Crippen molar-refractivity contribution < 1.29 is 23.5 Å². The highest BCUT2D eigenvalue weighted by atomic mass is 35.5. The van der Waals surface area contributed by atoms with Gasteiger partial charge in [-0.2, -0.15) is 9.81 Å². The minimum atomic E-state index is -0.672. The number of carbonyl (C=O) groups is 2. The van der Waals surface area contributed by atoms with E-state index in [1.807, 2.05) is 34.6 Å². The summed E-state index contributed by atoms with van der Waals surface area (Å²) in [6.45, 7) is 21.9. The van der Waals surface area contributed by atoms with Crippen LogP contribution in [-0.2, 0) is 0 Å². The number of furan rings is 1. The Hall–Kier alpha value is -4.69. The van der Waals surface area contributed by atoms with E-state index in [2.05, 4.69) is 45.1 Å². The predicted molar refractivity (Wildman–Crippen MR) is 231 cm³/mol. The molecule has 1 amide bonds. The van der Waals surface area contributed by atoms with Crippen molar-refractivity contribution >= 4 is 34.4 Å². The lowest BCUT2D eigenvalue weighted by Gasteiger charge is -2.39. The summed E-state index contributed by atoms with van der Waals surface area (Å²) in [5.41, 5.74) is 0.118. The number of ether oxygens (including phenoxy) is 2. The van der Waals surface area contributed by atoms with Gasteiger partial charge < -0.3 is 34.7 Å². The monoisotopic (exact) mass is 818 g/mol. The first kappa shape index (κ1) is 46.0. The number of nitrogens with one attached hydrogen (secondary N) is 3. The topological polar surface area (TPSA) is 164 Å². The zero-order chi connectivity index (χ0) is 42.7. The van der Waals surface area contributed by atoms with E-state index in [9.17, 15) is 19.4 Å². The Morgan fingerprint density at radius 1 is 0.810 bits per heavy atom. The zero-order valence-corrected chi connectivity index (χ0v) is 36.0. The average Bonchev–Trinajstić information content (AvgIpc) is 3.59. The molecule has 2 unspecified atom stereocenters. The van der Waals surface area contributed by atoms with Gasteiger partial charge in [0.15, 0.2) is 5.78 Å². The highest BCUT2D eigenvalue weighted by Gasteiger charge is 2.35. The maximum atomic E-state index is 14.1. The van der Waals surface area contributed by atoms with Crippen LogP contribution in [0, 0.1) is 15.2 Å². The number of benzene rings is 3. The Bertz CT molecular complexity index is 1960. The lowest BCUT2D eigenvalue weighted by atomic mass is 9.86. The molecular formula is C44H59ClN6O7. The number of hydrogen-bond donors (Lipinski definition) is 3. The van der Waals surface area contributed by atoms with Crippen molar-refractivity contribution in [2.75, 3.05) is 45.9 Å². The highest BCUT2D eigenvalue weighted by molar-refractivity contribution is 6.32. The van der Waals surface area contributed by atoms with Crippen molar-refractivity contribution in [2.24, 2.45) is 15.8 Å². The fourth-order valence-corrected chi connectivity index (χ4v) is 6.27. The van der Waals surface area contributed by atoms with E-state index in [0.717, 1.165) is 26.1 Å². The lowest BCUT2D eigenvalue weighted by Crippen LogP contribution is -2.58. The second-order valence-corrected chi connectivity index (χ2v) is 16.8. The molecule has 0 radical (unpaired) electrons. The Morgan fingerprint density at radius 3 is 1.93 bits per heavy atom. The molecule has 4 rings (SSSR count). The van der Waals surface area contributed by atoms with Crippen molar-refractivity contribution in [3.05, 3.63) is 92.7 Å². The van der Waals surface area contributed by atoms with Crippen molar-refractivity contribution in [3.63, 3.8) is 0 Å². The van der Waals surface area contributed by atoms with Crippen LogP contribution in [0.1, 0.15) is 84.7 Å². The predicted octanol–water partition coefficient (Wildman–Crippen LogP) is 9.24. The number of carbonyl (C=O) groups excluding carboxylic acids is 2. The van der Waals surface area contributed by atoms with E-state index >= 15 is 0 Å². The van der Waals surface area contributed by atoms with Gasteiger partial charge in [-0.1, -0.05) is 42.7 Å². The van der Waals surface area contributed by atoms with Gasteiger partial charge in [-0.25, -0.2) is 4.79 Å². The molecule has 0 spiro atoms. The van der Waals surface area contributed by atoms with E-state index < -0.39 is 34.7 Å². The maximum Gasteiger partial charge on any atom is 0.412 e. The molecule has 4 aromatic rings. The van der Waals surface area contributed by atoms with Gasteiger partial charge in [-0.05, 0) is 128 Å². The third kappa shape index (κ3) is 12.2. The molecule has 0 bridgehead atoms. The number of nitrogens with zero attached hydrogens (tertiary/aromatic N) is 3. The van der Waals surface area contributed by atoms with Crippen LogP contribution in [0.2, 0.25) is 5.02 Å². The molecule has 1 aromatic heterocycles. The second kappa shape index (κ2) is 20.3. The first-order valence-corrected chi connectivity index (χ1v) is 20.3. The molecule has 0 saturated heterocycles. The summed E-state index contributed by atoms with van der Waals surface area (Å²) >= 11 is 6.39. The maximum absolute atomic E-state index is 14.1. The van der Waals surface area contributed by atoms with Crippen molar-refractivity contribution in [1.82, 2.24) is 20.9 Å². The second-order valence-electron chi connectivity index (χ2n) is 16.3. The van der Waals surface area contributed by atoms with Gasteiger partial charge in [0.2, 0.25) is 0 Å². The fourth-order valence-electron chi connectivity index (χ4n) is 6.10. The Kier molecular flexibility index (Phi) is 16.1. The number of halogens is 1. The molecule has 0 aliphatic carbocycles. The van der Waals surface area contributed by atoms with E-state index in [0.29, 0.717) is 63.9 Å². The van der Waals surface area contributed by atoms with Crippen molar-refractivity contribution in [2.45, 2.75) is 91.9 Å². The molecule has 0 saturated carbocycles.